The van der Waals surface area contributed by atoms with Crippen LogP contribution in [-0.2, 0) is 14.4 Å². The van der Waals surface area contributed by atoms with Crippen molar-refractivity contribution in [2.24, 2.45) is 5.10 Å². The average molecular weight is 381 g/mol. The number of hydrogen-bond acceptors (Lipinski definition) is 8. The lowest BCUT2D eigenvalue weighted by Gasteiger charge is -2.21. The molecule has 0 spiro atoms. The molecule has 0 bridgehead atoms. The zero-order valence-corrected chi connectivity index (χ0v) is 15.8. The third kappa shape index (κ3) is 4.26. The van der Waals surface area contributed by atoms with Gasteiger partial charge in [0.15, 0.2) is 16.7 Å². The molecular formula is C16H19N3O6S. The fourth-order valence-corrected chi connectivity index (χ4v) is 3.38. The van der Waals surface area contributed by atoms with Gasteiger partial charge >= 0.3 is 5.97 Å². The topological polar surface area (TPSA) is 107 Å². The highest BCUT2D eigenvalue weighted by Crippen LogP contribution is 2.45. The first-order valence-electron chi connectivity index (χ1n) is 7.53. The van der Waals surface area contributed by atoms with Crippen LogP contribution >= 0.6 is 11.8 Å². The van der Waals surface area contributed by atoms with Gasteiger partial charge in [0.05, 0.1) is 14.2 Å². The van der Waals surface area contributed by atoms with E-state index in [0.29, 0.717) is 10.7 Å². The largest absolute Gasteiger partial charge is 0.493 e. The average Bonchev–Trinajstić information content (AvgIpc) is 2.97. The van der Waals surface area contributed by atoms with E-state index in [1.165, 1.54) is 51.8 Å². The standard InChI is InChI=1S/C16H19N3O6S/c1-8(20)17-16-18-19(9(2)21)15(26-16)11-6-12(23-4)14(25-10(3)22)13(7-11)24-5/h6-7,15H,1-5H3,(H,17,18,20). The summed E-state index contributed by atoms with van der Waals surface area (Å²) in [6, 6.07) is 3.25. The minimum Gasteiger partial charge on any atom is -0.493 e. The van der Waals surface area contributed by atoms with Gasteiger partial charge in [-0.2, -0.15) is 0 Å². The van der Waals surface area contributed by atoms with Crippen LogP contribution in [0.2, 0.25) is 0 Å². The lowest BCUT2D eigenvalue weighted by Crippen LogP contribution is -2.25. The number of amides is 2. The van der Waals surface area contributed by atoms with E-state index in [0.717, 1.165) is 0 Å². The van der Waals surface area contributed by atoms with Crippen molar-refractivity contribution >= 4 is 34.7 Å². The first-order valence-corrected chi connectivity index (χ1v) is 8.41. The second kappa shape index (κ2) is 8.09. The van der Waals surface area contributed by atoms with Crippen LogP contribution in [0, 0.1) is 0 Å². The van der Waals surface area contributed by atoms with Gasteiger partial charge in [-0.05, 0) is 17.7 Å². The molecule has 2 amide bonds. The molecule has 0 aliphatic carbocycles. The van der Waals surface area contributed by atoms with Crippen LogP contribution in [-0.4, -0.2) is 42.2 Å². The third-order valence-electron chi connectivity index (χ3n) is 3.26. The lowest BCUT2D eigenvalue weighted by molar-refractivity contribution is -0.132. The summed E-state index contributed by atoms with van der Waals surface area (Å²) in [4.78, 5) is 34.5. The van der Waals surface area contributed by atoms with Crippen molar-refractivity contribution in [3.63, 3.8) is 0 Å². The number of hydrogen-bond donors (Lipinski definition) is 1. The molecule has 1 unspecified atom stereocenters. The quantitative estimate of drug-likeness (QED) is 0.624. The molecule has 2 rings (SSSR count). The van der Waals surface area contributed by atoms with Gasteiger partial charge in [0.25, 0.3) is 0 Å². The summed E-state index contributed by atoms with van der Waals surface area (Å²) < 4.78 is 15.8. The van der Waals surface area contributed by atoms with Crippen molar-refractivity contribution in [3.05, 3.63) is 17.7 Å². The normalized spacial score (nSPS) is 16.0. The molecule has 0 saturated heterocycles. The van der Waals surface area contributed by atoms with Gasteiger partial charge in [0.1, 0.15) is 5.37 Å². The molecule has 10 heteroatoms. The van der Waals surface area contributed by atoms with Crippen LogP contribution in [0.4, 0.5) is 0 Å². The summed E-state index contributed by atoms with van der Waals surface area (Å²) in [5, 5.41) is 7.71. The molecular weight excluding hydrogens is 362 g/mol. The summed E-state index contributed by atoms with van der Waals surface area (Å²) >= 11 is 1.19. The zero-order valence-electron chi connectivity index (χ0n) is 15.0. The number of rotatable bonds is 4. The molecule has 140 valence electrons. The number of amidine groups is 1. The SMILES string of the molecule is COc1cc(C2SC(NC(C)=O)=NN2C(C)=O)cc(OC)c1OC(C)=O. The fraction of sp³-hybridized carbons (Fsp3) is 0.375. The van der Waals surface area contributed by atoms with E-state index in [2.05, 4.69) is 10.4 Å². The van der Waals surface area contributed by atoms with Gasteiger partial charge in [-0.3, -0.25) is 14.4 Å². The summed E-state index contributed by atoms with van der Waals surface area (Å²) in [5.41, 5.74) is 0.624. The number of thioether (sulfide) groups is 1. The molecule has 0 radical (unpaired) electrons. The maximum absolute atomic E-state index is 11.9. The van der Waals surface area contributed by atoms with Gasteiger partial charge in [0, 0.05) is 20.8 Å². The van der Waals surface area contributed by atoms with Crippen molar-refractivity contribution in [1.82, 2.24) is 10.3 Å². The smallest absolute Gasteiger partial charge is 0.308 e. The molecule has 1 atom stereocenters. The monoisotopic (exact) mass is 381 g/mol. The number of methoxy groups -OCH3 is 2. The minimum absolute atomic E-state index is 0.145. The molecule has 1 aromatic rings. The van der Waals surface area contributed by atoms with Crippen LogP contribution in [0.15, 0.2) is 17.2 Å². The van der Waals surface area contributed by atoms with Gasteiger partial charge in [-0.1, -0.05) is 11.8 Å². The number of esters is 1. The van der Waals surface area contributed by atoms with Crippen molar-refractivity contribution in [2.75, 3.05) is 14.2 Å². The van der Waals surface area contributed by atoms with Gasteiger partial charge in [0.2, 0.25) is 17.6 Å². The first kappa shape index (κ1) is 19.6. The highest BCUT2D eigenvalue weighted by Gasteiger charge is 2.34. The Morgan fingerprint density at radius 3 is 2.12 bits per heavy atom. The Bertz CT molecular complexity index is 754. The van der Waals surface area contributed by atoms with Gasteiger partial charge in [-0.15, -0.1) is 5.10 Å². The number of nitrogens with one attached hydrogen (secondary N) is 1. The third-order valence-corrected chi connectivity index (χ3v) is 4.37. The van der Waals surface area contributed by atoms with Crippen LogP contribution in [0.3, 0.4) is 0 Å². The molecule has 9 nitrogen and oxygen atoms in total. The van der Waals surface area contributed by atoms with E-state index in [1.54, 1.807) is 12.1 Å². The molecule has 0 aromatic heterocycles. The van der Waals surface area contributed by atoms with Crippen molar-refractivity contribution in [1.29, 1.82) is 0 Å². The Kier molecular flexibility index (Phi) is 6.09. The van der Waals surface area contributed by atoms with E-state index in [9.17, 15) is 14.4 Å². The van der Waals surface area contributed by atoms with Crippen LogP contribution in [0.1, 0.15) is 31.7 Å². The summed E-state index contributed by atoms with van der Waals surface area (Å²) in [6.45, 7) is 3.99. The predicted molar refractivity (Wildman–Crippen MR) is 95.0 cm³/mol. The molecule has 1 aliphatic rings. The first-order chi connectivity index (χ1) is 12.3. The number of hydrazone groups is 1. The number of benzene rings is 1. The predicted octanol–water partition coefficient (Wildman–Crippen LogP) is 1.63. The van der Waals surface area contributed by atoms with E-state index >= 15 is 0 Å². The number of nitrogens with zero attached hydrogens (tertiary/aromatic N) is 2. The minimum atomic E-state index is -0.538. The number of carbonyl (C=O) groups excluding carboxylic acids is 3. The second-order valence-corrected chi connectivity index (χ2v) is 6.34. The van der Waals surface area contributed by atoms with Gasteiger partial charge < -0.3 is 19.5 Å². The summed E-state index contributed by atoms with van der Waals surface area (Å²) in [5.74, 6) is -0.429. The van der Waals surface area contributed by atoms with Crippen molar-refractivity contribution in [3.8, 4) is 17.2 Å². The molecule has 0 saturated carbocycles. The fourth-order valence-electron chi connectivity index (χ4n) is 2.27. The van der Waals surface area contributed by atoms with Crippen molar-refractivity contribution in [2.45, 2.75) is 26.1 Å². The van der Waals surface area contributed by atoms with E-state index in [-0.39, 0.29) is 29.1 Å². The van der Waals surface area contributed by atoms with Crippen LogP contribution in [0.5, 0.6) is 17.2 Å². The Labute approximate surface area is 154 Å². The molecule has 1 aromatic carbocycles. The van der Waals surface area contributed by atoms with E-state index in [4.69, 9.17) is 14.2 Å². The van der Waals surface area contributed by atoms with Crippen LogP contribution < -0.4 is 19.5 Å². The molecule has 1 aliphatic heterocycles. The maximum atomic E-state index is 11.9. The molecule has 1 N–H and O–H groups in total. The Balaban J connectivity index is 2.45. The molecule has 0 fully saturated rings. The Morgan fingerprint density at radius 2 is 1.69 bits per heavy atom. The molecule has 26 heavy (non-hydrogen) atoms. The van der Waals surface area contributed by atoms with Crippen molar-refractivity contribution < 1.29 is 28.6 Å². The van der Waals surface area contributed by atoms with E-state index < -0.39 is 11.3 Å². The van der Waals surface area contributed by atoms with E-state index in [1.807, 2.05) is 0 Å². The molecule has 1 heterocycles. The highest BCUT2D eigenvalue weighted by atomic mass is 32.2. The number of carbonyl (C=O) groups is 3. The second-order valence-electron chi connectivity index (χ2n) is 5.27. The summed E-state index contributed by atoms with van der Waals surface area (Å²) in [7, 11) is 2.85. The Hall–Kier alpha value is -2.75. The maximum Gasteiger partial charge on any atom is 0.308 e. The van der Waals surface area contributed by atoms with Crippen LogP contribution in [0.25, 0.3) is 0 Å². The lowest BCUT2D eigenvalue weighted by atomic mass is 10.1. The zero-order chi connectivity index (χ0) is 19.4. The van der Waals surface area contributed by atoms with Gasteiger partial charge in [-0.25, -0.2) is 5.01 Å². The Morgan fingerprint density at radius 1 is 1.12 bits per heavy atom. The summed E-state index contributed by atoms with van der Waals surface area (Å²) in [6.07, 6.45) is 0. The highest BCUT2D eigenvalue weighted by molar-refractivity contribution is 8.14. The number of ether oxygens (including phenoxy) is 3.